The molecule has 0 amide bonds. The van der Waals surface area contributed by atoms with E-state index < -0.39 is 0 Å². The lowest BCUT2D eigenvalue weighted by atomic mass is 10.0. The van der Waals surface area contributed by atoms with Crippen molar-refractivity contribution in [3.8, 4) is 5.69 Å². The lowest BCUT2D eigenvalue weighted by Crippen LogP contribution is -2.12. The Morgan fingerprint density at radius 3 is 2.54 bits per heavy atom. The van der Waals surface area contributed by atoms with E-state index in [0.29, 0.717) is 0 Å². The maximum absolute atomic E-state index is 4.29. The molecule has 0 aliphatic carbocycles. The number of hydrogen-bond donors (Lipinski definition) is 1. The summed E-state index contributed by atoms with van der Waals surface area (Å²) in [5.74, 6) is 0. The van der Waals surface area contributed by atoms with Crippen LogP contribution < -0.4 is 5.32 Å². The Morgan fingerprint density at radius 2 is 1.88 bits per heavy atom. The third kappa shape index (κ3) is 5.74. The fourth-order valence-electron chi connectivity index (χ4n) is 2.39. The summed E-state index contributed by atoms with van der Waals surface area (Å²) in [6.07, 6.45) is 6.88. The van der Waals surface area contributed by atoms with Gasteiger partial charge in [0.1, 0.15) is 6.33 Å². The molecule has 0 unspecified atom stereocenters. The summed E-state index contributed by atoms with van der Waals surface area (Å²) in [7, 11) is 3.61. The van der Waals surface area contributed by atoms with Crippen molar-refractivity contribution in [1.82, 2.24) is 14.8 Å². The van der Waals surface area contributed by atoms with E-state index in [4.69, 9.17) is 0 Å². The second-order valence-electron chi connectivity index (χ2n) is 6.44. The Labute approximate surface area is 153 Å². The van der Waals surface area contributed by atoms with Crippen LogP contribution in [0.3, 0.4) is 0 Å². The number of benzene rings is 1. The van der Waals surface area contributed by atoms with Crippen LogP contribution in [0.25, 0.3) is 5.69 Å². The van der Waals surface area contributed by atoms with Crippen LogP contribution in [0.5, 0.6) is 0 Å². The highest BCUT2D eigenvalue weighted by Gasteiger charge is 2.20. The first-order chi connectivity index (χ1) is 11.6. The van der Waals surface area contributed by atoms with Crippen molar-refractivity contribution in [3.63, 3.8) is 0 Å². The summed E-state index contributed by atoms with van der Waals surface area (Å²) in [4.78, 5) is 0. The first-order valence-electron chi connectivity index (χ1n) is 8.65. The van der Waals surface area contributed by atoms with E-state index in [1.807, 2.05) is 10.8 Å². The van der Waals surface area contributed by atoms with Gasteiger partial charge < -0.3 is 5.32 Å². The highest BCUT2D eigenvalue weighted by Crippen LogP contribution is 2.43. The minimum Gasteiger partial charge on any atom is -0.385 e. The average molecular weight is 365 g/mol. The van der Waals surface area contributed by atoms with Crippen LogP contribution in [0, 0.1) is 0 Å². The number of unbranched alkanes of at least 4 members (excludes halogenated alkanes) is 2. The molecule has 0 radical (unpaired) electrons. The summed E-state index contributed by atoms with van der Waals surface area (Å²) >= 11 is 0. The van der Waals surface area contributed by atoms with Gasteiger partial charge in [-0.1, -0.05) is 37.0 Å². The van der Waals surface area contributed by atoms with Gasteiger partial charge in [-0.25, -0.2) is 0 Å². The first-order valence-corrected chi connectivity index (χ1v) is 10.8. The fourth-order valence-corrected chi connectivity index (χ4v) is 4.73. The minimum absolute atomic E-state index is 0.242. The van der Waals surface area contributed by atoms with Crippen molar-refractivity contribution < 1.29 is 0 Å². The van der Waals surface area contributed by atoms with Gasteiger partial charge in [-0.2, -0.15) is 0 Å². The molecule has 2 aromatic rings. The van der Waals surface area contributed by atoms with E-state index in [1.165, 1.54) is 25.7 Å². The zero-order valence-corrected chi connectivity index (χ0v) is 16.7. The van der Waals surface area contributed by atoms with E-state index >= 15 is 0 Å². The number of nitrogens with one attached hydrogen (secondary N) is 1. The molecule has 0 aliphatic heterocycles. The molecular weight excluding hydrogens is 336 g/mol. The minimum atomic E-state index is 0.242. The predicted molar refractivity (Wildman–Crippen MR) is 107 cm³/mol. The number of nitrogens with zero attached hydrogens (tertiary/aromatic N) is 3. The number of aromatic nitrogens is 3. The van der Waals surface area contributed by atoms with Gasteiger partial charge in [-0.15, -0.1) is 10.2 Å². The Balaban J connectivity index is 1.99. The first kappa shape index (κ1) is 19.2. The van der Waals surface area contributed by atoms with Crippen LogP contribution in [0.1, 0.15) is 53.4 Å². The lowest BCUT2D eigenvalue weighted by molar-refractivity contribution is 0.575. The summed E-state index contributed by atoms with van der Waals surface area (Å²) in [6.45, 7) is 9.90. The molecule has 24 heavy (non-hydrogen) atoms. The molecule has 132 valence electrons. The maximum Gasteiger partial charge on any atom is 0.206 e. The molecule has 0 atom stereocenters. The van der Waals surface area contributed by atoms with Gasteiger partial charge in [-0.3, -0.25) is 4.57 Å². The lowest BCUT2D eigenvalue weighted by Gasteiger charge is -2.22. The van der Waals surface area contributed by atoms with E-state index in [1.54, 1.807) is 17.1 Å². The van der Waals surface area contributed by atoms with E-state index in [0.717, 1.165) is 23.1 Å². The van der Waals surface area contributed by atoms with Crippen molar-refractivity contribution >= 4 is 27.3 Å². The summed E-state index contributed by atoms with van der Waals surface area (Å²) in [6, 6.07) is 8.38. The molecule has 6 heteroatoms. The van der Waals surface area contributed by atoms with Crippen LogP contribution in [-0.2, 0) is 0 Å². The molecule has 0 aliphatic rings. The Bertz CT molecular complexity index is 608. The standard InChI is InChI=1S/C18H28N4S2/c1-5-7-8-13-18(3,4)24-23-17-21-20-14-22(17)16-11-9-15(10-12-16)19-6-2/h9-12,14,19H,5-8,13H2,1-4H3. The van der Waals surface area contributed by atoms with Crippen LogP contribution >= 0.6 is 21.6 Å². The van der Waals surface area contributed by atoms with Gasteiger partial charge in [0, 0.05) is 22.7 Å². The zero-order valence-electron chi connectivity index (χ0n) is 15.1. The Morgan fingerprint density at radius 1 is 1.12 bits per heavy atom. The van der Waals surface area contributed by atoms with Gasteiger partial charge in [0.2, 0.25) is 5.16 Å². The summed E-state index contributed by atoms with van der Waals surface area (Å²) in [5, 5.41) is 12.6. The third-order valence-electron chi connectivity index (χ3n) is 3.77. The SMILES string of the molecule is CCCCCC(C)(C)SSc1nncn1-c1ccc(NCC)cc1. The van der Waals surface area contributed by atoms with Gasteiger partial charge in [0.05, 0.1) is 0 Å². The number of anilines is 1. The summed E-state index contributed by atoms with van der Waals surface area (Å²) < 4.78 is 2.29. The van der Waals surface area contributed by atoms with Crippen LogP contribution in [0.2, 0.25) is 0 Å². The van der Waals surface area contributed by atoms with E-state index in [9.17, 15) is 0 Å². The molecule has 0 saturated heterocycles. The van der Waals surface area contributed by atoms with Crippen molar-refractivity contribution in [2.24, 2.45) is 0 Å². The Kier molecular flexibility index (Phi) is 7.49. The van der Waals surface area contributed by atoms with E-state index in [2.05, 4.69) is 72.0 Å². The highest BCUT2D eigenvalue weighted by atomic mass is 33.1. The molecule has 1 aromatic heterocycles. The third-order valence-corrected chi connectivity index (χ3v) is 6.98. The molecule has 1 aromatic carbocycles. The van der Waals surface area contributed by atoms with E-state index in [-0.39, 0.29) is 4.75 Å². The average Bonchev–Trinajstić information content (AvgIpc) is 3.03. The van der Waals surface area contributed by atoms with Crippen LogP contribution in [0.4, 0.5) is 5.69 Å². The van der Waals surface area contributed by atoms with Crippen molar-refractivity contribution in [3.05, 3.63) is 30.6 Å². The van der Waals surface area contributed by atoms with Gasteiger partial charge in [0.25, 0.3) is 0 Å². The monoisotopic (exact) mass is 364 g/mol. The largest absolute Gasteiger partial charge is 0.385 e. The number of rotatable bonds is 10. The van der Waals surface area contributed by atoms with Crippen LogP contribution in [-0.4, -0.2) is 26.1 Å². The second kappa shape index (κ2) is 9.37. The van der Waals surface area contributed by atoms with Gasteiger partial charge in [0.15, 0.2) is 0 Å². The van der Waals surface area contributed by atoms with Crippen LogP contribution in [0.15, 0.2) is 35.7 Å². The molecule has 2 rings (SSSR count). The Hall–Kier alpha value is -1.14. The molecule has 1 N–H and O–H groups in total. The fraction of sp³-hybridized carbons (Fsp3) is 0.556. The molecule has 0 fully saturated rings. The molecule has 0 spiro atoms. The maximum atomic E-state index is 4.29. The van der Waals surface area contributed by atoms with Crippen molar-refractivity contribution in [1.29, 1.82) is 0 Å². The number of hydrogen-bond acceptors (Lipinski definition) is 5. The highest BCUT2D eigenvalue weighted by molar-refractivity contribution is 8.77. The second-order valence-corrected chi connectivity index (χ2v) is 9.25. The normalized spacial score (nSPS) is 11.7. The molecule has 0 saturated carbocycles. The zero-order chi connectivity index (χ0) is 17.4. The predicted octanol–water partition coefficient (Wildman–Crippen LogP) is 5.80. The van der Waals surface area contributed by atoms with Crippen molar-refractivity contribution in [2.75, 3.05) is 11.9 Å². The smallest absolute Gasteiger partial charge is 0.206 e. The molecule has 0 bridgehead atoms. The van der Waals surface area contributed by atoms with Gasteiger partial charge in [-0.05, 0) is 62.3 Å². The quantitative estimate of drug-likeness (QED) is 0.426. The summed E-state index contributed by atoms with van der Waals surface area (Å²) in [5.41, 5.74) is 2.23. The van der Waals surface area contributed by atoms with Crippen molar-refractivity contribution in [2.45, 2.75) is 63.3 Å². The molecule has 4 nitrogen and oxygen atoms in total. The molecular formula is C18H28N4S2. The topological polar surface area (TPSA) is 42.7 Å². The molecule has 1 heterocycles. The van der Waals surface area contributed by atoms with Gasteiger partial charge >= 0.3 is 0 Å².